The maximum Gasteiger partial charge on any atom is 0.241 e. The second kappa shape index (κ2) is 12.1. The molecule has 0 bridgehead atoms. The van der Waals surface area contributed by atoms with Gasteiger partial charge in [0.05, 0.1) is 13.2 Å². The molecule has 1 aliphatic heterocycles. The minimum Gasteiger partial charge on any atom is -0.370 e. The van der Waals surface area contributed by atoms with Crippen LogP contribution in [0.2, 0.25) is 0 Å². The summed E-state index contributed by atoms with van der Waals surface area (Å²) in [5.74, 6) is 0.733. The van der Waals surface area contributed by atoms with Crippen LogP contribution in [0.3, 0.4) is 0 Å². The maximum atomic E-state index is 11.8. The van der Waals surface area contributed by atoms with Crippen molar-refractivity contribution in [1.82, 2.24) is 15.5 Å². The van der Waals surface area contributed by atoms with Crippen LogP contribution in [0.5, 0.6) is 0 Å². The van der Waals surface area contributed by atoms with E-state index in [1.165, 1.54) is 11.1 Å². The quantitative estimate of drug-likeness (QED) is 0.378. The molecule has 0 saturated carbocycles. The smallest absolute Gasteiger partial charge is 0.241 e. The van der Waals surface area contributed by atoms with Gasteiger partial charge < -0.3 is 20.3 Å². The van der Waals surface area contributed by atoms with Gasteiger partial charge in [0.15, 0.2) is 5.96 Å². The van der Waals surface area contributed by atoms with Crippen molar-refractivity contribution < 1.29 is 9.53 Å². The van der Waals surface area contributed by atoms with E-state index in [0.717, 1.165) is 32.0 Å². The van der Waals surface area contributed by atoms with Gasteiger partial charge in [0, 0.05) is 19.6 Å². The summed E-state index contributed by atoms with van der Waals surface area (Å²) >= 11 is 0. The van der Waals surface area contributed by atoms with E-state index in [4.69, 9.17) is 4.74 Å². The SMILES string of the molecule is CCCNC(=O)CN=C(NCC)N1CCOC(c2ccccc2C)C1.I. The molecule has 6 nitrogen and oxygen atoms in total. The van der Waals surface area contributed by atoms with Crippen LogP contribution in [0, 0.1) is 6.92 Å². The van der Waals surface area contributed by atoms with E-state index in [2.05, 4.69) is 39.6 Å². The summed E-state index contributed by atoms with van der Waals surface area (Å²) in [6, 6.07) is 8.31. The number of halogens is 1. The maximum absolute atomic E-state index is 11.8. The summed E-state index contributed by atoms with van der Waals surface area (Å²) in [5.41, 5.74) is 2.44. The third-order valence-electron chi connectivity index (χ3n) is 4.18. The van der Waals surface area contributed by atoms with E-state index >= 15 is 0 Å². The number of nitrogens with zero attached hydrogens (tertiary/aromatic N) is 2. The number of hydrogen-bond donors (Lipinski definition) is 2. The zero-order chi connectivity index (χ0) is 18.1. The number of rotatable bonds is 6. The molecule has 1 unspecified atom stereocenters. The van der Waals surface area contributed by atoms with Gasteiger partial charge in [-0.05, 0) is 31.4 Å². The van der Waals surface area contributed by atoms with Crippen LogP contribution in [0.4, 0.5) is 0 Å². The Balaban J connectivity index is 0.00000338. The lowest BCUT2D eigenvalue weighted by atomic mass is 10.0. The molecular formula is C19H31IN4O2. The van der Waals surface area contributed by atoms with E-state index in [1.807, 2.05) is 26.0 Å². The van der Waals surface area contributed by atoms with Crippen molar-refractivity contribution in [3.8, 4) is 0 Å². The second-order valence-corrected chi connectivity index (χ2v) is 6.18. The molecule has 0 aromatic heterocycles. The van der Waals surface area contributed by atoms with E-state index < -0.39 is 0 Å². The average molecular weight is 474 g/mol. The van der Waals surface area contributed by atoms with Gasteiger partial charge in [0.2, 0.25) is 5.91 Å². The highest BCUT2D eigenvalue weighted by molar-refractivity contribution is 14.0. The number of carbonyl (C=O) groups is 1. The summed E-state index contributed by atoms with van der Waals surface area (Å²) in [6.45, 7) is 9.92. The molecule has 1 amide bonds. The Morgan fingerprint density at radius 1 is 1.31 bits per heavy atom. The highest BCUT2D eigenvalue weighted by atomic mass is 127. The number of aryl methyl sites for hydroxylation is 1. The van der Waals surface area contributed by atoms with Gasteiger partial charge in [-0.1, -0.05) is 31.2 Å². The Bertz CT molecular complexity index is 595. The van der Waals surface area contributed by atoms with Gasteiger partial charge in [-0.25, -0.2) is 4.99 Å². The van der Waals surface area contributed by atoms with Crippen molar-refractivity contribution >= 4 is 35.8 Å². The molecule has 1 aliphatic rings. The molecule has 1 aromatic rings. The van der Waals surface area contributed by atoms with Crippen LogP contribution in [-0.2, 0) is 9.53 Å². The number of nitrogens with one attached hydrogen (secondary N) is 2. The Morgan fingerprint density at radius 2 is 2.08 bits per heavy atom. The summed E-state index contributed by atoms with van der Waals surface area (Å²) in [4.78, 5) is 18.5. The number of ether oxygens (including phenoxy) is 1. The number of amides is 1. The second-order valence-electron chi connectivity index (χ2n) is 6.18. The first kappa shape index (κ1) is 22.7. The predicted molar refractivity (Wildman–Crippen MR) is 116 cm³/mol. The van der Waals surface area contributed by atoms with Gasteiger partial charge >= 0.3 is 0 Å². The Hall–Kier alpha value is -1.35. The molecule has 1 heterocycles. The zero-order valence-corrected chi connectivity index (χ0v) is 18.3. The monoisotopic (exact) mass is 474 g/mol. The molecule has 1 fully saturated rings. The van der Waals surface area contributed by atoms with Crippen molar-refractivity contribution in [3.05, 3.63) is 35.4 Å². The topological polar surface area (TPSA) is 66.0 Å². The Kier molecular flexibility index (Phi) is 10.6. The minimum atomic E-state index is -0.0408. The van der Waals surface area contributed by atoms with Crippen molar-refractivity contribution in [2.45, 2.75) is 33.3 Å². The van der Waals surface area contributed by atoms with E-state index in [0.29, 0.717) is 13.2 Å². The number of morpholine rings is 1. The van der Waals surface area contributed by atoms with Crippen LogP contribution in [0.15, 0.2) is 29.3 Å². The molecule has 2 N–H and O–H groups in total. The molecule has 1 atom stereocenters. The summed E-state index contributed by atoms with van der Waals surface area (Å²) in [7, 11) is 0. The number of carbonyl (C=O) groups excluding carboxylic acids is 1. The van der Waals surface area contributed by atoms with Gasteiger partial charge in [0.25, 0.3) is 0 Å². The number of aliphatic imine (C=N–C) groups is 1. The molecule has 1 saturated heterocycles. The number of benzene rings is 1. The van der Waals surface area contributed by atoms with Crippen LogP contribution in [0.25, 0.3) is 0 Å². The summed E-state index contributed by atoms with van der Waals surface area (Å²) in [5, 5.41) is 6.15. The standard InChI is InChI=1S/C19H30N4O2.HI/c1-4-10-21-18(24)13-22-19(20-5-2)23-11-12-25-17(14-23)16-9-7-6-8-15(16)3;/h6-9,17H,4-5,10-14H2,1-3H3,(H,20,22)(H,21,24);1H. The van der Waals surface area contributed by atoms with Crippen molar-refractivity contribution in [1.29, 1.82) is 0 Å². The van der Waals surface area contributed by atoms with Gasteiger partial charge in [-0.3, -0.25) is 4.79 Å². The lowest BCUT2D eigenvalue weighted by Gasteiger charge is -2.35. The van der Waals surface area contributed by atoms with Crippen molar-refractivity contribution in [3.63, 3.8) is 0 Å². The third-order valence-corrected chi connectivity index (χ3v) is 4.18. The molecular weight excluding hydrogens is 443 g/mol. The fourth-order valence-corrected chi connectivity index (χ4v) is 2.87. The summed E-state index contributed by atoms with van der Waals surface area (Å²) < 4.78 is 5.98. The van der Waals surface area contributed by atoms with Crippen molar-refractivity contribution in [2.75, 3.05) is 39.3 Å². The van der Waals surface area contributed by atoms with E-state index in [9.17, 15) is 4.79 Å². The zero-order valence-electron chi connectivity index (χ0n) is 16.0. The molecule has 7 heteroatoms. The lowest BCUT2D eigenvalue weighted by molar-refractivity contribution is -0.119. The first-order chi connectivity index (χ1) is 12.2. The fraction of sp³-hybridized carbons (Fsp3) is 0.579. The third kappa shape index (κ3) is 6.75. The molecule has 146 valence electrons. The van der Waals surface area contributed by atoms with Crippen LogP contribution < -0.4 is 10.6 Å². The summed E-state index contributed by atoms with van der Waals surface area (Å²) in [6.07, 6.45) is 0.949. The molecule has 1 aromatic carbocycles. The normalized spacial score (nSPS) is 17.4. The van der Waals surface area contributed by atoms with E-state index in [1.54, 1.807) is 0 Å². The minimum absolute atomic E-state index is 0. The highest BCUT2D eigenvalue weighted by Gasteiger charge is 2.25. The average Bonchev–Trinajstić information content (AvgIpc) is 2.64. The van der Waals surface area contributed by atoms with Gasteiger partial charge in [-0.2, -0.15) is 0 Å². The first-order valence-corrected chi connectivity index (χ1v) is 9.12. The lowest BCUT2D eigenvalue weighted by Crippen LogP contribution is -2.48. The molecule has 2 rings (SSSR count). The molecule has 26 heavy (non-hydrogen) atoms. The van der Waals surface area contributed by atoms with Crippen LogP contribution in [0.1, 0.15) is 37.5 Å². The van der Waals surface area contributed by atoms with Gasteiger partial charge in [0.1, 0.15) is 12.6 Å². The Labute approximate surface area is 173 Å². The predicted octanol–water partition coefficient (Wildman–Crippen LogP) is 2.48. The van der Waals surface area contributed by atoms with E-state index in [-0.39, 0.29) is 42.5 Å². The number of guanidine groups is 1. The van der Waals surface area contributed by atoms with Crippen LogP contribution >= 0.6 is 24.0 Å². The Morgan fingerprint density at radius 3 is 2.77 bits per heavy atom. The molecule has 0 spiro atoms. The van der Waals surface area contributed by atoms with Crippen molar-refractivity contribution in [2.24, 2.45) is 4.99 Å². The number of hydrogen-bond acceptors (Lipinski definition) is 3. The first-order valence-electron chi connectivity index (χ1n) is 9.12. The van der Waals surface area contributed by atoms with Gasteiger partial charge in [-0.15, -0.1) is 24.0 Å². The van der Waals surface area contributed by atoms with Crippen LogP contribution in [-0.4, -0.2) is 56.1 Å². The molecule has 0 aliphatic carbocycles. The largest absolute Gasteiger partial charge is 0.370 e. The highest BCUT2D eigenvalue weighted by Crippen LogP contribution is 2.24. The molecule has 0 radical (unpaired) electrons. The fourth-order valence-electron chi connectivity index (χ4n) is 2.87.